The Balaban J connectivity index is 1.65. The Morgan fingerprint density at radius 2 is 2.33 bits per heavy atom. The quantitative estimate of drug-likeness (QED) is 0.332. The predicted molar refractivity (Wildman–Crippen MR) is 81.2 cm³/mol. The lowest BCUT2D eigenvalue weighted by Crippen LogP contribution is -2.44. The highest BCUT2D eigenvalue weighted by Crippen LogP contribution is 2.27. The minimum atomic E-state index is 0.0677. The maximum atomic E-state index is 8.84. The van der Waals surface area contributed by atoms with Gasteiger partial charge in [0.2, 0.25) is 0 Å². The van der Waals surface area contributed by atoms with Crippen LogP contribution in [0, 0.1) is 0 Å². The van der Waals surface area contributed by atoms with Crippen LogP contribution >= 0.6 is 0 Å². The van der Waals surface area contributed by atoms with Crippen LogP contribution in [0.5, 0.6) is 0 Å². The lowest BCUT2D eigenvalue weighted by molar-refractivity contribution is 0.180. The van der Waals surface area contributed by atoms with Gasteiger partial charge in [-0.15, -0.1) is 0 Å². The third-order valence-corrected chi connectivity index (χ3v) is 4.65. The van der Waals surface area contributed by atoms with E-state index in [1.807, 2.05) is 12.1 Å². The lowest BCUT2D eigenvalue weighted by atomic mass is 9.99. The summed E-state index contributed by atoms with van der Waals surface area (Å²) in [5, 5.41) is 15.5. The fourth-order valence-electron chi connectivity index (χ4n) is 3.59. The first-order chi connectivity index (χ1) is 10.3. The molecule has 0 amide bonds. The second-order valence-electron chi connectivity index (χ2n) is 5.87. The highest BCUT2D eigenvalue weighted by molar-refractivity contribution is 5.96. The van der Waals surface area contributed by atoms with Crippen LogP contribution in [-0.4, -0.2) is 46.1 Å². The van der Waals surface area contributed by atoms with Crippen molar-refractivity contribution in [2.24, 2.45) is 10.9 Å². The summed E-state index contributed by atoms with van der Waals surface area (Å²) >= 11 is 0. The smallest absolute Gasteiger partial charge is 0.189 e. The average Bonchev–Trinajstić information content (AvgIpc) is 2.96. The van der Waals surface area contributed by atoms with Crippen LogP contribution in [0.4, 0.5) is 0 Å². The minimum Gasteiger partial charge on any atom is -0.409 e. The molecule has 2 aliphatic heterocycles. The Morgan fingerprint density at radius 3 is 3.19 bits per heavy atom. The molecule has 4 N–H and O–H groups in total. The molecule has 0 aromatic carbocycles. The molecule has 0 saturated carbocycles. The molecule has 3 rings (SSSR count). The van der Waals surface area contributed by atoms with E-state index < -0.39 is 0 Å². The van der Waals surface area contributed by atoms with Gasteiger partial charge in [0.25, 0.3) is 0 Å². The number of piperidine rings is 1. The van der Waals surface area contributed by atoms with Gasteiger partial charge in [-0.1, -0.05) is 17.6 Å². The van der Waals surface area contributed by atoms with E-state index in [1.54, 1.807) is 6.20 Å². The summed E-state index contributed by atoms with van der Waals surface area (Å²) in [6.45, 7) is 3.14. The summed E-state index contributed by atoms with van der Waals surface area (Å²) in [6.07, 6.45) is 6.82. The van der Waals surface area contributed by atoms with Gasteiger partial charge in [0.05, 0.1) is 0 Å². The molecule has 2 saturated heterocycles. The zero-order chi connectivity index (χ0) is 14.7. The summed E-state index contributed by atoms with van der Waals surface area (Å²) in [7, 11) is 0. The lowest BCUT2D eigenvalue weighted by Gasteiger charge is -2.32. The van der Waals surface area contributed by atoms with E-state index in [0.717, 1.165) is 5.56 Å². The van der Waals surface area contributed by atoms with E-state index >= 15 is 0 Å². The molecule has 0 spiro atoms. The third-order valence-electron chi connectivity index (χ3n) is 4.65. The minimum absolute atomic E-state index is 0.0677. The molecule has 3 heterocycles. The number of pyridine rings is 1. The summed E-state index contributed by atoms with van der Waals surface area (Å²) in [5.74, 6) is 0.0677. The van der Waals surface area contributed by atoms with Crippen LogP contribution in [-0.2, 0) is 6.54 Å². The summed E-state index contributed by atoms with van der Waals surface area (Å²) in [5.41, 5.74) is 7.22. The van der Waals surface area contributed by atoms with Crippen LogP contribution in [0.3, 0.4) is 0 Å². The van der Waals surface area contributed by atoms with Gasteiger partial charge < -0.3 is 16.3 Å². The molecule has 1 aromatic heterocycles. The van der Waals surface area contributed by atoms with Crippen molar-refractivity contribution in [3.63, 3.8) is 0 Å². The van der Waals surface area contributed by atoms with Gasteiger partial charge in [0.1, 0.15) is 5.69 Å². The second kappa shape index (κ2) is 6.41. The molecule has 21 heavy (non-hydrogen) atoms. The summed E-state index contributed by atoms with van der Waals surface area (Å²) < 4.78 is 0. The average molecular weight is 289 g/mol. The highest BCUT2D eigenvalue weighted by atomic mass is 16.4. The van der Waals surface area contributed by atoms with Crippen molar-refractivity contribution in [3.05, 3.63) is 29.6 Å². The molecule has 114 valence electrons. The second-order valence-corrected chi connectivity index (χ2v) is 5.87. The van der Waals surface area contributed by atoms with Gasteiger partial charge in [0, 0.05) is 31.4 Å². The number of oxime groups is 1. The zero-order valence-corrected chi connectivity index (χ0v) is 12.2. The van der Waals surface area contributed by atoms with Crippen LogP contribution in [0.2, 0.25) is 0 Å². The molecule has 1 aromatic rings. The number of aromatic nitrogens is 1. The predicted octanol–water partition coefficient (Wildman–Crippen LogP) is 0.892. The summed E-state index contributed by atoms with van der Waals surface area (Å²) in [4.78, 5) is 6.82. The first kappa shape index (κ1) is 14.3. The molecule has 2 unspecified atom stereocenters. The zero-order valence-electron chi connectivity index (χ0n) is 12.2. The fraction of sp³-hybridized carbons (Fsp3) is 0.600. The molecule has 6 heteroatoms. The Bertz CT molecular complexity index is 519. The Labute approximate surface area is 125 Å². The molecule has 2 atom stereocenters. The molecule has 0 radical (unpaired) electrons. The van der Waals surface area contributed by atoms with Crippen molar-refractivity contribution in [2.75, 3.05) is 13.1 Å². The first-order valence-corrected chi connectivity index (χ1v) is 7.69. The van der Waals surface area contributed by atoms with Gasteiger partial charge in [-0.3, -0.25) is 9.88 Å². The first-order valence-electron chi connectivity index (χ1n) is 7.69. The standard InChI is InChI=1S/C15H23N5O/c16-15(19-21)14-11(4-3-7-17-14)10-18-12-6-9-20-8-2-1-5-13(12)20/h3-4,7,12-13,18,21H,1-2,5-6,8-10H2,(H2,16,19). The largest absolute Gasteiger partial charge is 0.409 e. The third kappa shape index (κ3) is 3.01. The van der Waals surface area contributed by atoms with E-state index in [2.05, 4.69) is 20.4 Å². The van der Waals surface area contributed by atoms with E-state index in [4.69, 9.17) is 10.9 Å². The molecule has 2 aliphatic rings. The molecular weight excluding hydrogens is 266 g/mol. The number of hydrogen-bond donors (Lipinski definition) is 3. The summed E-state index contributed by atoms with van der Waals surface area (Å²) in [6, 6.07) is 5.06. The number of fused-ring (bicyclic) bond motifs is 1. The Morgan fingerprint density at radius 1 is 1.43 bits per heavy atom. The van der Waals surface area contributed by atoms with E-state index in [1.165, 1.54) is 38.8 Å². The number of amidine groups is 1. The Kier molecular flexibility index (Phi) is 4.36. The van der Waals surface area contributed by atoms with Crippen molar-refractivity contribution in [2.45, 2.75) is 44.3 Å². The van der Waals surface area contributed by atoms with Crippen molar-refractivity contribution in [3.8, 4) is 0 Å². The Hall–Kier alpha value is -1.66. The SMILES string of the molecule is NC(=NO)c1ncccc1CNC1CCN2CCCCC12. The molecular formula is C15H23N5O. The number of rotatable bonds is 4. The van der Waals surface area contributed by atoms with E-state index in [-0.39, 0.29) is 5.84 Å². The van der Waals surface area contributed by atoms with Crippen LogP contribution < -0.4 is 11.1 Å². The van der Waals surface area contributed by atoms with Gasteiger partial charge in [-0.05, 0) is 37.4 Å². The maximum Gasteiger partial charge on any atom is 0.189 e. The van der Waals surface area contributed by atoms with Crippen molar-refractivity contribution in [1.82, 2.24) is 15.2 Å². The van der Waals surface area contributed by atoms with Gasteiger partial charge in [0.15, 0.2) is 5.84 Å². The highest BCUT2D eigenvalue weighted by Gasteiger charge is 2.35. The number of hydrogen-bond acceptors (Lipinski definition) is 5. The normalized spacial score (nSPS) is 26.8. The van der Waals surface area contributed by atoms with Crippen molar-refractivity contribution < 1.29 is 5.21 Å². The number of nitrogens with two attached hydrogens (primary N) is 1. The molecule has 0 bridgehead atoms. The van der Waals surface area contributed by atoms with Crippen LogP contribution in [0.1, 0.15) is 36.9 Å². The maximum absolute atomic E-state index is 8.84. The molecule has 2 fully saturated rings. The van der Waals surface area contributed by atoms with E-state index in [0.29, 0.717) is 24.3 Å². The van der Waals surface area contributed by atoms with Gasteiger partial charge in [-0.25, -0.2) is 0 Å². The number of nitrogens with zero attached hydrogens (tertiary/aromatic N) is 3. The van der Waals surface area contributed by atoms with Gasteiger partial charge >= 0.3 is 0 Å². The monoisotopic (exact) mass is 289 g/mol. The van der Waals surface area contributed by atoms with Gasteiger partial charge in [-0.2, -0.15) is 0 Å². The van der Waals surface area contributed by atoms with Crippen molar-refractivity contribution >= 4 is 5.84 Å². The van der Waals surface area contributed by atoms with Crippen LogP contribution in [0.15, 0.2) is 23.5 Å². The number of nitrogens with one attached hydrogen (secondary N) is 1. The molecule has 0 aliphatic carbocycles. The fourth-order valence-corrected chi connectivity index (χ4v) is 3.59. The van der Waals surface area contributed by atoms with Crippen molar-refractivity contribution in [1.29, 1.82) is 0 Å². The van der Waals surface area contributed by atoms with E-state index in [9.17, 15) is 0 Å². The van der Waals surface area contributed by atoms with Crippen LogP contribution in [0.25, 0.3) is 0 Å². The topological polar surface area (TPSA) is 86.8 Å². The molecule has 6 nitrogen and oxygen atoms in total.